The lowest BCUT2D eigenvalue weighted by Crippen LogP contribution is -2.52. The summed E-state index contributed by atoms with van der Waals surface area (Å²) in [5.41, 5.74) is -2.01. The number of alkyl halides is 4. The van der Waals surface area contributed by atoms with Gasteiger partial charge >= 0.3 is 6.18 Å². The van der Waals surface area contributed by atoms with E-state index in [2.05, 4.69) is 15.3 Å². The SMILES string of the molecule is COc1cc(C(=O)NC[C@](O)(c2cc3c(c(-c4ccc(F)cc4)n2)OC[C@@]3(CF)C(N)=O)C(F)(F)F)cc2cccnc12. The van der Waals surface area contributed by atoms with Gasteiger partial charge in [0.1, 0.15) is 47.2 Å². The number of primary amides is 1. The van der Waals surface area contributed by atoms with Crippen molar-refractivity contribution >= 4 is 22.7 Å². The third-order valence-electron chi connectivity index (χ3n) is 7.32. The van der Waals surface area contributed by atoms with Gasteiger partial charge in [-0.3, -0.25) is 14.6 Å². The first-order chi connectivity index (χ1) is 20.3. The number of hydrogen-bond acceptors (Lipinski definition) is 7. The fraction of sp³-hybridized carbons (Fsp3) is 0.241. The maximum atomic E-state index is 14.6. The molecule has 0 radical (unpaired) electrons. The van der Waals surface area contributed by atoms with Gasteiger partial charge in [0.2, 0.25) is 11.5 Å². The van der Waals surface area contributed by atoms with Crippen molar-refractivity contribution in [1.82, 2.24) is 15.3 Å². The van der Waals surface area contributed by atoms with Crippen LogP contribution in [0, 0.1) is 5.82 Å². The molecule has 2 amide bonds. The molecular formula is C29H23F5N4O5. The van der Waals surface area contributed by atoms with Gasteiger partial charge in [0.15, 0.2) is 0 Å². The van der Waals surface area contributed by atoms with E-state index in [1.807, 2.05) is 0 Å². The smallest absolute Gasteiger partial charge is 0.424 e. The van der Waals surface area contributed by atoms with Crippen molar-refractivity contribution in [3.63, 3.8) is 0 Å². The number of benzene rings is 2. The average molecular weight is 603 g/mol. The summed E-state index contributed by atoms with van der Waals surface area (Å²) < 4.78 is 82.6. The molecule has 2 atom stereocenters. The zero-order valence-electron chi connectivity index (χ0n) is 22.3. The van der Waals surface area contributed by atoms with Crippen LogP contribution in [-0.4, -0.2) is 60.0 Å². The summed E-state index contributed by atoms with van der Waals surface area (Å²) in [7, 11) is 1.33. The monoisotopic (exact) mass is 602 g/mol. The zero-order chi connectivity index (χ0) is 31.2. The molecule has 0 spiro atoms. The molecule has 9 nitrogen and oxygen atoms in total. The molecule has 1 aliphatic heterocycles. The number of hydrogen-bond donors (Lipinski definition) is 3. The van der Waals surface area contributed by atoms with Crippen LogP contribution in [0.4, 0.5) is 22.0 Å². The Balaban J connectivity index is 1.61. The largest absolute Gasteiger partial charge is 0.494 e. The number of ether oxygens (including phenoxy) is 2. The van der Waals surface area contributed by atoms with E-state index in [1.54, 1.807) is 12.1 Å². The highest BCUT2D eigenvalue weighted by molar-refractivity contribution is 6.00. The van der Waals surface area contributed by atoms with Crippen LogP contribution in [0.2, 0.25) is 0 Å². The minimum absolute atomic E-state index is 0.0454. The summed E-state index contributed by atoms with van der Waals surface area (Å²) in [5.74, 6) is -2.95. The lowest BCUT2D eigenvalue weighted by atomic mass is 9.81. The minimum Gasteiger partial charge on any atom is -0.494 e. The number of nitrogens with one attached hydrogen (secondary N) is 1. The Morgan fingerprint density at radius 1 is 1.16 bits per heavy atom. The van der Waals surface area contributed by atoms with E-state index >= 15 is 0 Å². The molecule has 14 heteroatoms. The van der Waals surface area contributed by atoms with Crippen molar-refractivity contribution in [3.8, 4) is 22.8 Å². The van der Waals surface area contributed by atoms with E-state index in [4.69, 9.17) is 15.2 Å². The Bertz CT molecular complexity index is 1730. The van der Waals surface area contributed by atoms with Crippen molar-refractivity contribution in [3.05, 3.63) is 83.4 Å². The molecule has 0 unspecified atom stereocenters. The van der Waals surface area contributed by atoms with Gasteiger partial charge in [0.25, 0.3) is 5.91 Å². The number of halogens is 5. The minimum atomic E-state index is -5.45. The molecule has 2 aromatic carbocycles. The predicted molar refractivity (Wildman–Crippen MR) is 143 cm³/mol. The van der Waals surface area contributed by atoms with Crippen LogP contribution in [0.15, 0.2) is 60.8 Å². The van der Waals surface area contributed by atoms with E-state index in [-0.39, 0.29) is 33.9 Å². The van der Waals surface area contributed by atoms with Gasteiger partial charge in [-0.2, -0.15) is 13.2 Å². The average Bonchev–Trinajstić information content (AvgIpc) is 3.38. The fourth-order valence-electron chi connectivity index (χ4n) is 4.80. The highest BCUT2D eigenvalue weighted by atomic mass is 19.4. The van der Waals surface area contributed by atoms with Gasteiger partial charge < -0.3 is 25.6 Å². The molecule has 2 aromatic heterocycles. The van der Waals surface area contributed by atoms with E-state index in [0.717, 1.165) is 12.1 Å². The van der Waals surface area contributed by atoms with Crippen molar-refractivity contribution < 1.29 is 46.1 Å². The second kappa shape index (κ2) is 10.8. The van der Waals surface area contributed by atoms with Crippen molar-refractivity contribution in [2.45, 2.75) is 17.2 Å². The summed E-state index contributed by atoms with van der Waals surface area (Å²) in [5, 5.41) is 13.7. The molecule has 4 aromatic rings. The predicted octanol–water partition coefficient (Wildman–Crippen LogP) is 3.71. The van der Waals surface area contributed by atoms with Gasteiger partial charge in [-0.05, 0) is 48.5 Å². The number of pyridine rings is 2. The number of amides is 2. The molecule has 224 valence electrons. The van der Waals surface area contributed by atoms with Crippen LogP contribution >= 0.6 is 0 Å². The van der Waals surface area contributed by atoms with Crippen molar-refractivity contribution in [1.29, 1.82) is 0 Å². The summed E-state index contributed by atoms with van der Waals surface area (Å²) in [6.07, 6.45) is -3.95. The molecule has 0 saturated carbocycles. The second-order valence-corrected chi connectivity index (χ2v) is 9.90. The van der Waals surface area contributed by atoms with E-state index in [9.17, 15) is 36.6 Å². The number of carbonyl (C=O) groups excluding carboxylic acids is 2. The van der Waals surface area contributed by atoms with Crippen LogP contribution < -0.4 is 20.5 Å². The van der Waals surface area contributed by atoms with Crippen LogP contribution in [-0.2, 0) is 15.8 Å². The molecule has 43 heavy (non-hydrogen) atoms. The molecule has 0 aliphatic carbocycles. The molecule has 5 rings (SSSR count). The standard InChI is InChI=1S/C29H23F5N4O5/c1-42-20-10-17(9-16-3-2-8-36-22(16)20)25(39)37-13-28(41,29(32,33)34)21-11-19-24(43-14-27(19,12-30)26(35)40)23(38-21)15-4-6-18(31)7-5-15/h2-11,41H,12-14H2,1H3,(H2,35,40)(H,37,39)/t27-,28+/m1/s1. The maximum Gasteiger partial charge on any atom is 0.424 e. The second-order valence-electron chi connectivity index (χ2n) is 9.90. The first-order valence-corrected chi connectivity index (χ1v) is 12.7. The number of fused-ring (bicyclic) bond motifs is 2. The van der Waals surface area contributed by atoms with Gasteiger partial charge in [-0.1, -0.05) is 6.07 Å². The third-order valence-corrected chi connectivity index (χ3v) is 7.32. The molecule has 0 fully saturated rings. The first-order valence-electron chi connectivity index (χ1n) is 12.7. The van der Waals surface area contributed by atoms with Crippen LogP contribution in [0.5, 0.6) is 11.5 Å². The number of rotatable bonds is 8. The number of methoxy groups -OCH3 is 1. The van der Waals surface area contributed by atoms with Crippen molar-refractivity contribution in [2.75, 3.05) is 26.9 Å². The van der Waals surface area contributed by atoms with Crippen LogP contribution in [0.3, 0.4) is 0 Å². The lowest BCUT2D eigenvalue weighted by molar-refractivity contribution is -0.265. The summed E-state index contributed by atoms with van der Waals surface area (Å²) in [6.45, 7) is -3.51. The van der Waals surface area contributed by atoms with Crippen LogP contribution in [0.25, 0.3) is 22.2 Å². The van der Waals surface area contributed by atoms with Crippen molar-refractivity contribution in [2.24, 2.45) is 5.73 Å². The molecule has 4 N–H and O–H groups in total. The number of aliphatic hydroxyl groups is 1. The van der Waals surface area contributed by atoms with Gasteiger partial charge in [0.05, 0.1) is 19.3 Å². The van der Waals surface area contributed by atoms with Gasteiger partial charge in [-0.25, -0.2) is 13.8 Å². The Kier molecular flexibility index (Phi) is 7.42. The Hall–Kier alpha value is -4.85. The quantitative estimate of drug-likeness (QED) is 0.262. The summed E-state index contributed by atoms with van der Waals surface area (Å²) >= 11 is 0. The highest BCUT2D eigenvalue weighted by Gasteiger charge is 2.58. The van der Waals surface area contributed by atoms with Gasteiger partial charge in [-0.15, -0.1) is 0 Å². The van der Waals surface area contributed by atoms with E-state index in [0.29, 0.717) is 17.0 Å². The van der Waals surface area contributed by atoms with Crippen LogP contribution in [0.1, 0.15) is 21.6 Å². The summed E-state index contributed by atoms with van der Waals surface area (Å²) in [4.78, 5) is 33.6. The Labute approximate surface area is 240 Å². The molecule has 0 saturated heterocycles. The Morgan fingerprint density at radius 2 is 1.88 bits per heavy atom. The molecule has 3 heterocycles. The highest BCUT2D eigenvalue weighted by Crippen LogP contribution is 2.48. The van der Waals surface area contributed by atoms with Gasteiger partial charge in [0, 0.05) is 28.3 Å². The summed E-state index contributed by atoms with van der Waals surface area (Å²) in [6, 6.07) is 10.9. The normalized spacial score (nSPS) is 17.6. The molecular weight excluding hydrogens is 579 g/mol. The number of carbonyl (C=O) groups is 2. The molecule has 1 aliphatic rings. The third kappa shape index (κ3) is 4.96. The fourth-order valence-corrected chi connectivity index (χ4v) is 4.80. The number of aromatic nitrogens is 2. The van der Waals surface area contributed by atoms with E-state index in [1.165, 1.54) is 37.6 Å². The Morgan fingerprint density at radius 3 is 2.51 bits per heavy atom. The zero-order valence-corrected chi connectivity index (χ0v) is 22.3. The maximum absolute atomic E-state index is 14.6. The number of nitrogens with two attached hydrogens (primary N) is 1. The number of nitrogens with zero attached hydrogens (tertiary/aromatic N) is 2. The molecule has 0 bridgehead atoms. The first kappa shape index (κ1) is 29.6. The lowest BCUT2D eigenvalue weighted by Gasteiger charge is -2.31. The van der Waals surface area contributed by atoms with E-state index < -0.39 is 60.3 Å². The topological polar surface area (TPSA) is 137 Å².